The molecule has 0 bridgehead atoms. The zero-order valence-electron chi connectivity index (χ0n) is 10.4. The van der Waals surface area contributed by atoms with Crippen molar-refractivity contribution in [1.29, 1.82) is 0 Å². The van der Waals surface area contributed by atoms with E-state index in [2.05, 4.69) is 13.8 Å². The zero-order valence-corrected chi connectivity index (χ0v) is 10.4. The number of fused-ring (bicyclic) bond motifs is 1. The minimum Gasteiger partial charge on any atom is -0.300 e. The summed E-state index contributed by atoms with van der Waals surface area (Å²) in [6, 6.07) is 0. The fourth-order valence-electron chi connectivity index (χ4n) is 4.03. The Kier molecular flexibility index (Phi) is 2.92. The molecule has 0 radical (unpaired) electrons. The van der Waals surface area contributed by atoms with E-state index in [1.54, 1.807) is 6.92 Å². The van der Waals surface area contributed by atoms with Crippen LogP contribution in [0.5, 0.6) is 0 Å². The minimum absolute atomic E-state index is 0.378. The highest BCUT2D eigenvalue weighted by Crippen LogP contribution is 2.53. The maximum Gasteiger partial charge on any atom is 0.132 e. The Hall–Kier alpha value is -0.330. The van der Waals surface area contributed by atoms with E-state index < -0.39 is 0 Å². The highest BCUT2D eigenvalue weighted by atomic mass is 16.1. The van der Waals surface area contributed by atoms with Gasteiger partial charge in [0.25, 0.3) is 0 Å². The Balaban J connectivity index is 2.12. The van der Waals surface area contributed by atoms with Crippen LogP contribution in [0.4, 0.5) is 0 Å². The molecule has 0 spiro atoms. The normalized spacial score (nSPS) is 45.9. The quantitative estimate of drug-likeness (QED) is 0.640. The van der Waals surface area contributed by atoms with E-state index in [0.29, 0.717) is 17.1 Å². The van der Waals surface area contributed by atoms with Crippen LogP contribution in [0.2, 0.25) is 0 Å². The second-order valence-electron chi connectivity index (χ2n) is 6.21. The Morgan fingerprint density at radius 3 is 2.67 bits per heavy atom. The van der Waals surface area contributed by atoms with Crippen molar-refractivity contribution in [2.24, 2.45) is 23.2 Å². The molecule has 1 nitrogen and oxygen atoms in total. The number of hydrogen-bond acceptors (Lipinski definition) is 1. The first kappa shape index (κ1) is 11.2. The Morgan fingerprint density at radius 2 is 2.00 bits per heavy atom. The van der Waals surface area contributed by atoms with Crippen molar-refractivity contribution in [2.75, 3.05) is 0 Å². The first-order valence-electron chi connectivity index (χ1n) is 6.53. The van der Waals surface area contributed by atoms with Crippen LogP contribution in [0.25, 0.3) is 0 Å². The maximum atomic E-state index is 11.5. The molecule has 1 heteroatoms. The van der Waals surface area contributed by atoms with E-state index in [4.69, 9.17) is 0 Å². The summed E-state index contributed by atoms with van der Waals surface area (Å²) in [5.74, 6) is 2.46. The van der Waals surface area contributed by atoms with Gasteiger partial charge >= 0.3 is 0 Å². The lowest BCUT2D eigenvalue weighted by Gasteiger charge is -2.50. The molecule has 2 aliphatic carbocycles. The molecule has 2 fully saturated rings. The average molecular weight is 208 g/mol. The third kappa shape index (κ3) is 1.98. The molecule has 4 atom stereocenters. The Labute approximate surface area is 93.6 Å². The summed E-state index contributed by atoms with van der Waals surface area (Å²) < 4.78 is 0. The number of hydrogen-bond donors (Lipinski definition) is 0. The Bertz CT molecular complexity index is 258. The van der Waals surface area contributed by atoms with Gasteiger partial charge in [0, 0.05) is 5.92 Å². The monoisotopic (exact) mass is 208 g/mol. The molecule has 0 unspecified atom stereocenters. The van der Waals surface area contributed by atoms with Gasteiger partial charge in [0.2, 0.25) is 0 Å². The van der Waals surface area contributed by atoms with E-state index in [9.17, 15) is 4.79 Å². The number of carbonyl (C=O) groups is 1. The van der Waals surface area contributed by atoms with Crippen LogP contribution in [0, 0.1) is 23.2 Å². The number of rotatable bonds is 1. The van der Waals surface area contributed by atoms with Crippen LogP contribution in [0.15, 0.2) is 0 Å². The van der Waals surface area contributed by atoms with Crippen LogP contribution < -0.4 is 0 Å². The van der Waals surface area contributed by atoms with Crippen molar-refractivity contribution >= 4 is 5.78 Å². The molecular formula is C14H24O. The average Bonchev–Trinajstić information content (AvgIpc) is 2.17. The molecule has 2 aliphatic rings. The largest absolute Gasteiger partial charge is 0.300 e. The van der Waals surface area contributed by atoms with E-state index >= 15 is 0 Å². The molecule has 86 valence electrons. The van der Waals surface area contributed by atoms with Gasteiger partial charge in [-0.25, -0.2) is 0 Å². The summed E-state index contributed by atoms with van der Waals surface area (Å²) in [6.07, 6.45) is 7.78. The predicted octanol–water partition coefficient (Wildman–Crippen LogP) is 3.82. The first-order valence-corrected chi connectivity index (χ1v) is 6.53. The van der Waals surface area contributed by atoms with Gasteiger partial charge in [-0.2, -0.15) is 0 Å². The summed E-state index contributed by atoms with van der Waals surface area (Å²) in [5.41, 5.74) is 0.559. The standard InChI is InChI=1S/C14H24O/c1-10-5-4-7-14(3)8-6-12(11(2)15)9-13(10)14/h10,12-13H,4-9H2,1-3H3/t10-,12-,13+,14+/m0/s1. The molecule has 0 saturated heterocycles. The second-order valence-corrected chi connectivity index (χ2v) is 6.21. The van der Waals surface area contributed by atoms with Crippen LogP contribution in [0.3, 0.4) is 0 Å². The summed E-state index contributed by atoms with van der Waals surface area (Å²) in [6.45, 7) is 6.63. The summed E-state index contributed by atoms with van der Waals surface area (Å²) in [5, 5.41) is 0. The molecule has 0 aromatic heterocycles. The lowest BCUT2D eigenvalue weighted by atomic mass is 9.55. The summed E-state index contributed by atoms with van der Waals surface area (Å²) in [4.78, 5) is 11.5. The van der Waals surface area contributed by atoms with Gasteiger partial charge in [-0.3, -0.25) is 4.79 Å². The highest BCUT2D eigenvalue weighted by Gasteiger charge is 2.44. The third-order valence-electron chi connectivity index (χ3n) is 5.17. The number of Topliss-reactive ketones (excluding diaryl/α,β-unsaturated/α-hetero) is 1. The second kappa shape index (κ2) is 3.92. The summed E-state index contributed by atoms with van der Waals surface area (Å²) in [7, 11) is 0. The van der Waals surface area contributed by atoms with Crippen LogP contribution in [-0.4, -0.2) is 5.78 Å². The molecule has 2 rings (SSSR count). The van der Waals surface area contributed by atoms with Gasteiger partial charge in [0.15, 0.2) is 0 Å². The molecule has 2 saturated carbocycles. The van der Waals surface area contributed by atoms with Gasteiger partial charge in [0.1, 0.15) is 5.78 Å². The van der Waals surface area contributed by atoms with Crippen molar-refractivity contribution in [2.45, 2.75) is 59.3 Å². The first-order chi connectivity index (χ1) is 7.03. The summed E-state index contributed by atoms with van der Waals surface area (Å²) >= 11 is 0. The fraction of sp³-hybridized carbons (Fsp3) is 0.929. The molecule has 0 aliphatic heterocycles. The highest BCUT2D eigenvalue weighted by molar-refractivity contribution is 5.78. The smallest absolute Gasteiger partial charge is 0.132 e. The third-order valence-corrected chi connectivity index (χ3v) is 5.17. The van der Waals surface area contributed by atoms with Gasteiger partial charge < -0.3 is 0 Å². The van der Waals surface area contributed by atoms with E-state index in [-0.39, 0.29) is 0 Å². The topological polar surface area (TPSA) is 17.1 Å². The zero-order chi connectivity index (χ0) is 11.1. The van der Waals surface area contributed by atoms with Gasteiger partial charge in [-0.1, -0.05) is 26.7 Å². The molecule has 0 N–H and O–H groups in total. The van der Waals surface area contributed by atoms with Crippen molar-refractivity contribution in [1.82, 2.24) is 0 Å². The number of ketones is 1. The predicted molar refractivity (Wildman–Crippen MR) is 62.6 cm³/mol. The molecule has 0 heterocycles. The van der Waals surface area contributed by atoms with Gasteiger partial charge in [-0.05, 0) is 49.9 Å². The van der Waals surface area contributed by atoms with Crippen molar-refractivity contribution in [3.8, 4) is 0 Å². The molecule has 0 aromatic rings. The SMILES string of the molecule is CC(=O)[C@H]1CC[C@@]2(C)CCC[C@H](C)[C@H]2C1. The molecular weight excluding hydrogens is 184 g/mol. The maximum absolute atomic E-state index is 11.5. The van der Waals surface area contributed by atoms with Crippen LogP contribution >= 0.6 is 0 Å². The van der Waals surface area contributed by atoms with Crippen LogP contribution in [0.1, 0.15) is 59.3 Å². The van der Waals surface area contributed by atoms with Crippen molar-refractivity contribution in [3.63, 3.8) is 0 Å². The van der Waals surface area contributed by atoms with Crippen LogP contribution in [-0.2, 0) is 4.79 Å². The Morgan fingerprint density at radius 1 is 1.27 bits per heavy atom. The van der Waals surface area contributed by atoms with Gasteiger partial charge in [0.05, 0.1) is 0 Å². The number of carbonyl (C=O) groups excluding carboxylic acids is 1. The molecule has 0 aromatic carbocycles. The lowest BCUT2D eigenvalue weighted by Crippen LogP contribution is -2.42. The van der Waals surface area contributed by atoms with E-state index in [1.807, 2.05) is 0 Å². The molecule has 15 heavy (non-hydrogen) atoms. The molecule has 0 amide bonds. The minimum atomic E-state index is 0.378. The van der Waals surface area contributed by atoms with Crippen molar-refractivity contribution in [3.05, 3.63) is 0 Å². The van der Waals surface area contributed by atoms with E-state index in [0.717, 1.165) is 18.3 Å². The van der Waals surface area contributed by atoms with Crippen molar-refractivity contribution < 1.29 is 4.79 Å². The fourth-order valence-corrected chi connectivity index (χ4v) is 4.03. The van der Waals surface area contributed by atoms with E-state index in [1.165, 1.54) is 32.1 Å². The lowest BCUT2D eigenvalue weighted by molar-refractivity contribution is -0.124. The van der Waals surface area contributed by atoms with Gasteiger partial charge in [-0.15, -0.1) is 0 Å².